The van der Waals surface area contributed by atoms with E-state index < -0.39 is 23.6 Å². The van der Waals surface area contributed by atoms with Crippen molar-refractivity contribution in [1.29, 1.82) is 0 Å². The highest BCUT2D eigenvalue weighted by molar-refractivity contribution is 5.97. The Kier molecular flexibility index (Phi) is 7.33. The van der Waals surface area contributed by atoms with Gasteiger partial charge in [-0.2, -0.15) is 0 Å². The fourth-order valence-electron chi connectivity index (χ4n) is 3.60. The van der Waals surface area contributed by atoms with E-state index in [0.717, 1.165) is 12.3 Å². The number of ketones is 1. The van der Waals surface area contributed by atoms with Crippen molar-refractivity contribution < 1.29 is 22.7 Å². The number of alkyl halides is 2. The molecule has 25 heavy (non-hydrogen) atoms. The Labute approximate surface area is 147 Å². The van der Waals surface area contributed by atoms with Gasteiger partial charge < -0.3 is 4.74 Å². The van der Waals surface area contributed by atoms with Gasteiger partial charge in [-0.05, 0) is 37.3 Å². The molecule has 0 radical (unpaired) electrons. The van der Waals surface area contributed by atoms with Gasteiger partial charge in [0, 0.05) is 12.0 Å². The molecule has 1 fully saturated rings. The molecule has 0 unspecified atom stereocenters. The Bertz CT molecular complexity index is 579. The summed E-state index contributed by atoms with van der Waals surface area (Å²) in [5.41, 5.74) is -1.05. The lowest BCUT2D eigenvalue weighted by Gasteiger charge is -2.25. The SMILES string of the molecule is CCOc1ccc(C(=O)CCCC2CCC(C)CC2)c(C(F)F)c1F. The average molecular weight is 356 g/mol. The maximum Gasteiger partial charge on any atom is 0.267 e. The van der Waals surface area contributed by atoms with Crippen LogP contribution >= 0.6 is 0 Å². The molecule has 0 heterocycles. The summed E-state index contributed by atoms with van der Waals surface area (Å²) in [4.78, 5) is 12.3. The quantitative estimate of drug-likeness (QED) is 0.508. The van der Waals surface area contributed by atoms with Gasteiger partial charge in [0.1, 0.15) is 0 Å². The molecular weight excluding hydrogens is 329 g/mol. The van der Waals surface area contributed by atoms with E-state index in [2.05, 4.69) is 6.92 Å². The number of Topliss-reactive ketones (excluding diaryl/α,β-unsaturated/α-hetero) is 1. The van der Waals surface area contributed by atoms with Crippen LogP contribution in [0.1, 0.15) is 81.1 Å². The zero-order valence-corrected chi connectivity index (χ0v) is 15.0. The Morgan fingerprint density at radius 2 is 1.92 bits per heavy atom. The van der Waals surface area contributed by atoms with Gasteiger partial charge in [0.25, 0.3) is 6.43 Å². The Hall–Kier alpha value is -1.52. The number of halogens is 3. The van der Waals surface area contributed by atoms with Crippen LogP contribution in [0.15, 0.2) is 12.1 Å². The summed E-state index contributed by atoms with van der Waals surface area (Å²) in [6.07, 6.45) is 3.52. The topological polar surface area (TPSA) is 26.3 Å². The average Bonchev–Trinajstić information content (AvgIpc) is 2.58. The van der Waals surface area contributed by atoms with Crippen molar-refractivity contribution in [3.8, 4) is 5.75 Å². The van der Waals surface area contributed by atoms with E-state index in [1.165, 1.54) is 37.8 Å². The van der Waals surface area contributed by atoms with Crippen LogP contribution in [-0.4, -0.2) is 12.4 Å². The van der Waals surface area contributed by atoms with Crippen molar-refractivity contribution in [3.63, 3.8) is 0 Å². The molecule has 1 aromatic rings. The molecular formula is C20H27F3O2. The Balaban J connectivity index is 1.99. The van der Waals surface area contributed by atoms with Crippen molar-refractivity contribution in [2.24, 2.45) is 11.8 Å². The van der Waals surface area contributed by atoms with E-state index >= 15 is 0 Å². The summed E-state index contributed by atoms with van der Waals surface area (Å²) < 4.78 is 45.8. The highest BCUT2D eigenvalue weighted by Gasteiger charge is 2.26. The van der Waals surface area contributed by atoms with Gasteiger partial charge >= 0.3 is 0 Å². The van der Waals surface area contributed by atoms with E-state index in [1.807, 2.05) is 0 Å². The van der Waals surface area contributed by atoms with Crippen LogP contribution in [0.2, 0.25) is 0 Å². The lowest BCUT2D eigenvalue weighted by Crippen LogP contribution is -2.13. The molecule has 0 saturated heterocycles. The summed E-state index contributed by atoms with van der Waals surface area (Å²) in [5.74, 6) is -0.370. The Morgan fingerprint density at radius 1 is 1.24 bits per heavy atom. The van der Waals surface area contributed by atoms with E-state index in [1.54, 1.807) is 6.92 Å². The maximum absolute atomic E-state index is 14.2. The van der Waals surface area contributed by atoms with Crippen molar-refractivity contribution in [1.82, 2.24) is 0 Å². The summed E-state index contributed by atoms with van der Waals surface area (Å²) in [6, 6.07) is 2.53. The molecule has 0 atom stereocenters. The second kappa shape index (κ2) is 9.25. The number of rotatable bonds is 8. The molecule has 0 amide bonds. The summed E-state index contributed by atoms with van der Waals surface area (Å²) in [7, 11) is 0. The monoisotopic (exact) mass is 356 g/mol. The van der Waals surface area contributed by atoms with Gasteiger partial charge in [-0.3, -0.25) is 4.79 Å². The third-order valence-corrected chi connectivity index (χ3v) is 5.11. The molecule has 0 aliphatic heterocycles. The standard InChI is InChI=1S/C20H27F3O2/c1-3-25-17-12-11-15(18(19(17)21)20(22)23)16(24)6-4-5-14-9-7-13(2)8-10-14/h11-14,20H,3-10H2,1-2H3. The number of carbonyl (C=O) groups excluding carboxylic acids is 1. The molecule has 1 saturated carbocycles. The molecule has 2 rings (SSSR count). The highest BCUT2D eigenvalue weighted by atomic mass is 19.3. The molecule has 1 aliphatic carbocycles. The number of ether oxygens (including phenoxy) is 1. The van der Waals surface area contributed by atoms with Crippen LogP contribution in [0.4, 0.5) is 13.2 Å². The third-order valence-electron chi connectivity index (χ3n) is 5.11. The van der Waals surface area contributed by atoms with Gasteiger partial charge in [0.05, 0.1) is 12.2 Å². The molecule has 1 aliphatic rings. The second-order valence-corrected chi connectivity index (χ2v) is 7.01. The number of carbonyl (C=O) groups is 1. The van der Waals surface area contributed by atoms with Crippen LogP contribution in [0.5, 0.6) is 5.75 Å². The predicted octanol–water partition coefficient (Wildman–Crippen LogP) is 6.34. The summed E-state index contributed by atoms with van der Waals surface area (Å²) in [6.45, 7) is 4.07. The zero-order chi connectivity index (χ0) is 18.4. The van der Waals surface area contributed by atoms with Crippen molar-refractivity contribution >= 4 is 5.78 Å². The molecule has 5 heteroatoms. The van der Waals surface area contributed by atoms with Gasteiger partial charge in [-0.15, -0.1) is 0 Å². The van der Waals surface area contributed by atoms with Gasteiger partial charge in [-0.25, -0.2) is 13.2 Å². The van der Waals surface area contributed by atoms with Gasteiger partial charge in [0.15, 0.2) is 17.3 Å². The first kappa shape index (κ1) is 19.8. The summed E-state index contributed by atoms with van der Waals surface area (Å²) in [5, 5.41) is 0. The number of benzene rings is 1. The van der Waals surface area contributed by atoms with Crippen LogP contribution in [0.3, 0.4) is 0 Å². The Morgan fingerprint density at radius 3 is 2.52 bits per heavy atom. The largest absolute Gasteiger partial charge is 0.491 e. The van der Waals surface area contributed by atoms with Crippen LogP contribution in [0, 0.1) is 17.7 Å². The van der Waals surface area contributed by atoms with E-state index in [9.17, 15) is 18.0 Å². The zero-order valence-electron chi connectivity index (χ0n) is 15.0. The van der Waals surface area contributed by atoms with Gasteiger partial charge in [0.2, 0.25) is 0 Å². The fraction of sp³-hybridized carbons (Fsp3) is 0.650. The lowest BCUT2D eigenvalue weighted by molar-refractivity contribution is 0.0958. The predicted molar refractivity (Wildman–Crippen MR) is 91.8 cm³/mol. The van der Waals surface area contributed by atoms with E-state index in [-0.39, 0.29) is 24.3 Å². The molecule has 0 aromatic heterocycles. The number of hydrogen-bond acceptors (Lipinski definition) is 2. The third kappa shape index (κ3) is 5.23. The van der Waals surface area contributed by atoms with Gasteiger partial charge in [-0.1, -0.05) is 39.0 Å². The second-order valence-electron chi connectivity index (χ2n) is 7.01. The van der Waals surface area contributed by atoms with Crippen molar-refractivity contribution in [2.75, 3.05) is 6.61 Å². The number of hydrogen-bond donors (Lipinski definition) is 0. The molecule has 140 valence electrons. The molecule has 0 spiro atoms. The molecule has 2 nitrogen and oxygen atoms in total. The van der Waals surface area contributed by atoms with E-state index in [4.69, 9.17) is 4.74 Å². The lowest BCUT2D eigenvalue weighted by atomic mass is 9.80. The van der Waals surface area contributed by atoms with Crippen molar-refractivity contribution in [2.45, 2.75) is 65.2 Å². The maximum atomic E-state index is 14.2. The first-order valence-corrected chi connectivity index (χ1v) is 9.20. The minimum atomic E-state index is -3.04. The van der Waals surface area contributed by atoms with Crippen LogP contribution in [-0.2, 0) is 0 Å². The normalized spacial score (nSPS) is 20.7. The van der Waals surface area contributed by atoms with E-state index in [0.29, 0.717) is 12.3 Å². The van der Waals surface area contributed by atoms with Crippen LogP contribution in [0.25, 0.3) is 0 Å². The minimum Gasteiger partial charge on any atom is -0.491 e. The molecule has 0 bridgehead atoms. The molecule has 0 N–H and O–H groups in total. The minimum absolute atomic E-state index is 0.174. The highest BCUT2D eigenvalue weighted by Crippen LogP contribution is 2.34. The fourth-order valence-corrected chi connectivity index (χ4v) is 3.60. The first-order valence-electron chi connectivity index (χ1n) is 9.20. The molecule has 1 aromatic carbocycles. The van der Waals surface area contributed by atoms with Crippen molar-refractivity contribution in [3.05, 3.63) is 29.1 Å². The smallest absolute Gasteiger partial charge is 0.267 e. The van der Waals surface area contributed by atoms with Crippen LogP contribution < -0.4 is 4.74 Å². The first-order chi connectivity index (χ1) is 11.9. The summed E-state index contributed by atoms with van der Waals surface area (Å²) >= 11 is 0.